The van der Waals surface area contributed by atoms with Crippen LogP contribution in [0.1, 0.15) is 18.7 Å². The second kappa shape index (κ2) is 7.82. The van der Waals surface area contributed by atoms with Crippen molar-refractivity contribution < 1.29 is 9.18 Å². The van der Waals surface area contributed by atoms with Crippen molar-refractivity contribution in [3.63, 3.8) is 0 Å². The number of aromatic nitrogens is 2. The first-order valence-corrected chi connectivity index (χ1v) is 10.2. The van der Waals surface area contributed by atoms with Gasteiger partial charge >= 0.3 is 0 Å². The molecule has 0 fully saturated rings. The van der Waals surface area contributed by atoms with E-state index in [9.17, 15) is 14.0 Å². The number of nitrogens with one attached hydrogen (secondary N) is 1. The summed E-state index contributed by atoms with van der Waals surface area (Å²) in [6.45, 7) is 6.03. The number of carbonyl (C=O) groups excluding carboxylic acids is 1. The van der Waals surface area contributed by atoms with Gasteiger partial charge in [0.25, 0.3) is 5.56 Å². The lowest BCUT2D eigenvalue weighted by molar-refractivity contribution is -0.119. The molecule has 5 nitrogen and oxygen atoms in total. The SMILES string of the molecule is CCn1c(SC(C)C(=O)NC)nc2sc(C)c(-c3ccc(F)cc3)c2c1=O. The third-order valence-electron chi connectivity index (χ3n) is 4.30. The number of thiophene rings is 1. The van der Waals surface area contributed by atoms with Crippen LogP contribution in [0.4, 0.5) is 4.39 Å². The van der Waals surface area contributed by atoms with Crippen LogP contribution >= 0.6 is 23.1 Å². The summed E-state index contributed by atoms with van der Waals surface area (Å²) in [6.07, 6.45) is 0. The molecule has 1 unspecified atom stereocenters. The van der Waals surface area contributed by atoms with Gasteiger partial charge in [-0.15, -0.1) is 11.3 Å². The summed E-state index contributed by atoms with van der Waals surface area (Å²) in [4.78, 5) is 31.3. The zero-order valence-corrected chi connectivity index (χ0v) is 17.1. The fourth-order valence-corrected chi connectivity index (χ4v) is 5.04. The van der Waals surface area contributed by atoms with Crippen LogP contribution in [-0.2, 0) is 11.3 Å². The molecule has 0 bridgehead atoms. The quantitative estimate of drug-likeness (QED) is 0.518. The normalized spacial score (nSPS) is 12.3. The predicted molar refractivity (Wildman–Crippen MR) is 109 cm³/mol. The zero-order chi connectivity index (χ0) is 19.7. The van der Waals surface area contributed by atoms with E-state index in [2.05, 4.69) is 10.3 Å². The molecule has 3 aromatic rings. The Morgan fingerprint density at radius 1 is 1.37 bits per heavy atom. The molecule has 8 heteroatoms. The molecule has 0 spiro atoms. The summed E-state index contributed by atoms with van der Waals surface area (Å²) < 4.78 is 14.9. The van der Waals surface area contributed by atoms with Crippen LogP contribution in [0, 0.1) is 12.7 Å². The molecule has 0 aliphatic heterocycles. The fourth-order valence-electron chi connectivity index (χ4n) is 2.92. The third kappa shape index (κ3) is 3.64. The number of halogens is 1. The Labute approximate surface area is 164 Å². The first kappa shape index (κ1) is 19.6. The van der Waals surface area contributed by atoms with E-state index in [4.69, 9.17) is 0 Å². The standard InChI is InChI=1S/C19H20FN3O2S2/c1-5-23-18(25)15-14(12-6-8-13(20)9-7-12)10(2)26-17(15)22-19(23)27-11(3)16(24)21-4/h6-9,11H,5H2,1-4H3,(H,21,24). The van der Waals surface area contributed by atoms with Gasteiger partial charge in [-0.2, -0.15) is 0 Å². The molecule has 27 heavy (non-hydrogen) atoms. The van der Waals surface area contributed by atoms with Crippen LogP contribution in [0.3, 0.4) is 0 Å². The van der Waals surface area contributed by atoms with Gasteiger partial charge in [0, 0.05) is 24.0 Å². The number of thioether (sulfide) groups is 1. The number of rotatable bonds is 5. The average Bonchev–Trinajstić information content (AvgIpc) is 2.98. The number of hydrogen-bond donors (Lipinski definition) is 1. The van der Waals surface area contributed by atoms with E-state index in [1.807, 2.05) is 13.8 Å². The van der Waals surface area contributed by atoms with Crippen molar-refractivity contribution >= 4 is 39.2 Å². The van der Waals surface area contributed by atoms with Gasteiger partial charge in [-0.1, -0.05) is 23.9 Å². The van der Waals surface area contributed by atoms with Crippen LogP contribution in [0.2, 0.25) is 0 Å². The Morgan fingerprint density at radius 2 is 2.04 bits per heavy atom. The van der Waals surface area contributed by atoms with Crippen molar-refractivity contribution in [1.82, 2.24) is 14.9 Å². The maximum Gasteiger partial charge on any atom is 0.263 e. The van der Waals surface area contributed by atoms with E-state index in [-0.39, 0.29) is 22.5 Å². The lowest BCUT2D eigenvalue weighted by atomic mass is 10.0. The lowest BCUT2D eigenvalue weighted by Crippen LogP contribution is -2.29. The van der Waals surface area contributed by atoms with E-state index in [0.717, 1.165) is 16.0 Å². The second-order valence-corrected chi connectivity index (χ2v) is 8.55. The number of carbonyl (C=O) groups is 1. The summed E-state index contributed by atoms with van der Waals surface area (Å²) in [7, 11) is 1.58. The maximum absolute atomic E-state index is 13.3. The largest absolute Gasteiger partial charge is 0.358 e. The summed E-state index contributed by atoms with van der Waals surface area (Å²) >= 11 is 2.70. The van der Waals surface area contributed by atoms with Gasteiger partial charge in [0.05, 0.1) is 10.6 Å². The maximum atomic E-state index is 13.3. The molecule has 3 rings (SSSR count). The molecule has 0 saturated heterocycles. The number of benzene rings is 1. The van der Waals surface area contributed by atoms with Crippen LogP contribution in [-0.4, -0.2) is 27.8 Å². The van der Waals surface area contributed by atoms with Crippen LogP contribution in [0.5, 0.6) is 0 Å². The highest BCUT2D eigenvalue weighted by molar-refractivity contribution is 8.00. The van der Waals surface area contributed by atoms with E-state index in [1.165, 1.54) is 35.2 Å². The smallest absolute Gasteiger partial charge is 0.263 e. The summed E-state index contributed by atoms with van der Waals surface area (Å²) in [5.41, 5.74) is 1.45. The zero-order valence-electron chi connectivity index (χ0n) is 15.5. The van der Waals surface area contributed by atoms with Crippen molar-refractivity contribution in [3.8, 4) is 11.1 Å². The Morgan fingerprint density at radius 3 is 2.63 bits per heavy atom. The summed E-state index contributed by atoms with van der Waals surface area (Å²) in [5.74, 6) is -0.437. The van der Waals surface area contributed by atoms with Gasteiger partial charge in [0.2, 0.25) is 5.91 Å². The minimum atomic E-state index is -0.366. The highest BCUT2D eigenvalue weighted by Crippen LogP contribution is 2.37. The highest BCUT2D eigenvalue weighted by atomic mass is 32.2. The van der Waals surface area contributed by atoms with E-state index < -0.39 is 0 Å². The fraction of sp³-hybridized carbons (Fsp3) is 0.316. The van der Waals surface area contributed by atoms with Crippen LogP contribution in [0.15, 0.2) is 34.2 Å². The molecule has 142 valence electrons. The molecule has 0 radical (unpaired) electrons. The van der Waals surface area contributed by atoms with Gasteiger partial charge in [0.15, 0.2) is 5.16 Å². The van der Waals surface area contributed by atoms with Crippen molar-refractivity contribution in [2.45, 2.75) is 37.7 Å². The van der Waals surface area contributed by atoms with Crippen LogP contribution < -0.4 is 10.9 Å². The highest BCUT2D eigenvalue weighted by Gasteiger charge is 2.22. The Hall–Kier alpha value is -2.19. The van der Waals surface area contributed by atoms with Gasteiger partial charge < -0.3 is 5.32 Å². The number of nitrogens with zero attached hydrogens (tertiary/aromatic N) is 2. The number of aryl methyl sites for hydroxylation is 1. The molecule has 0 aliphatic carbocycles. The number of amides is 1. The summed E-state index contributed by atoms with van der Waals surface area (Å²) in [5, 5.41) is 3.31. The first-order chi connectivity index (χ1) is 12.9. The third-order valence-corrected chi connectivity index (χ3v) is 6.39. The Bertz CT molecular complexity index is 1060. The van der Waals surface area contributed by atoms with Crippen molar-refractivity contribution in [3.05, 3.63) is 45.3 Å². The minimum absolute atomic E-state index is 0.119. The number of hydrogen-bond acceptors (Lipinski definition) is 5. The topological polar surface area (TPSA) is 64.0 Å². The average molecular weight is 406 g/mol. The van der Waals surface area contributed by atoms with Gasteiger partial charge in [-0.25, -0.2) is 9.37 Å². The monoisotopic (exact) mass is 405 g/mol. The Kier molecular flexibility index (Phi) is 5.67. The second-order valence-electron chi connectivity index (χ2n) is 6.04. The molecule has 1 N–H and O–H groups in total. The van der Waals surface area contributed by atoms with Gasteiger partial charge in [0.1, 0.15) is 10.6 Å². The van der Waals surface area contributed by atoms with E-state index >= 15 is 0 Å². The predicted octanol–water partition coefficient (Wildman–Crippen LogP) is 3.82. The van der Waals surface area contributed by atoms with Crippen molar-refractivity contribution in [2.24, 2.45) is 0 Å². The molecule has 2 aromatic heterocycles. The van der Waals surface area contributed by atoms with E-state index in [1.54, 1.807) is 30.7 Å². The molecule has 1 atom stereocenters. The molecule has 1 aromatic carbocycles. The molecular weight excluding hydrogens is 385 g/mol. The van der Waals surface area contributed by atoms with Crippen molar-refractivity contribution in [1.29, 1.82) is 0 Å². The molecule has 0 saturated carbocycles. The van der Waals surface area contributed by atoms with Gasteiger partial charge in [-0.05, 0) is 38.5 Å². The minimum Gasteiger partial charge on any atom is -0.358 e. The van der Waals surface area contributed by atoms with Crippen LogP contribution in [0.25, 0.3) is 21.3 Å². The van der Waals surface area contributed by atoms with Crippen molar-refractivity contribution in [2.75, 3.05) is 7.05 Å². The van der Waals surface area contributed by atoms with E-state index in [0.29, 0.717) is 21.9 Å². The molecule has 0 aliphatic rings. The lowest BCUT2D eigenvalue weighted by Gasteiger charge is -2.13. The Balaban J connectivity index is 2.20. The first-order valence-electron chi connectivity index (χ1n) is 8.55. The summed E-state index contributed by atoms with van der Waals surface area (Å²) in [6, 6.07) is 6.13. The van der Waals surface area contributed by atoms with Gasteiger partial charge in [-0.3, -0.25) is 14.2 Å². The number of fused-ring (bicyclic) bond motifs is 1. The molecule has 1 amide bonds. The molecule has 2 heterocycles. The molecular formula is C19H20FN3O2S2.